The molecule has 1 nitrogen and oxygen atoms in total. The first-order valence-corrected chi connectivity index (χ1v) is 9.54. The maximum absolute atomic E-state index is 9.99. The van der Waals surface area contributed by atoms with Gasteiger partial charge in [-0.15, -0.1) is 5.25 Å². The van der Waals surface area contributed by atoms with Crippen LogP contribution in [0.3, 0.4) is 0 Å². The molecule has 0 heterocycles. The molecule has 0 amide bonds. The van der Waals surface area contributed by atoms with E-state index < -0.39 is 0 Å². The Morgan fingerprint density at radius 1 is 1.33 bits per heavy atom. The van der Waals surface area contributed by atoms with Crippen molar-refractivity contribution >= 4 is 12.6 Å². The van der Waals surface area contributed by atoms with Gasteiger partial charge in [-0.25, -0.2) is 0 Å². The van der Waals surface area contributed by atoms with Gasteiger partial charge in [0.1, 0.15) is 0 Å². The van der Waals surface area contributed by atoms with Crippen LogP contribution in [0.2, 0.25) is 0 Å². The Labute approximate surface area is 202 Å². The topological polar surface area (TPSA) is 20.2 Å². The smallest absolute Gasteiger partial charge is 0.785 e. The molecule has 2 saturated carbocycles. The SMILES string of the molecule is C=C1/C(=C\C=C2/CCCC3(C)C(C(C)[S-])=CCC23)CCCC1O.[Rb+]. The largest absolute Gasteiger partial charge is 1.00 e. The summed E-state index contributed by atoms with van der Waals surface area (Å²) in [7, 11) is 0. The summed E-state index contributed by atoms with van der Waals surface area (Å²) >= 11 is 5.57. The zero-order valence-corrected chi connectivity index (χ0v) is 21.2. The third-order valence-corrected chi connectivity index (χ3v) is 6.54. The Kier molecular flexibility index (Phi) is 7.88. The van der Waals surface area contributed by atoms with E-state index in [1.807, 2.05) is 0 Å². The first-order valence-electron chi connectivity index (χ1n) is 9.06. The second kappa shape index (κ2) is 8.84. The molecule has 0 aliphatic heterocycles. The fourth-order valence-corrected chi connectivity index (χ4v) is 5.28. The maximum atomic E-state index is 9.99. The predicted molar refractivity (Wildman–Crippen MR) is 100 cm³/mol. The summed E-state index contributed by atoms with van der Waals surface area (Å²) in [6.45, 7) is 8.66. The normalized spacial score (nSPS) is 37.8. The van der Waals surface area contributed by atoms with E-state index in [-0.39, 0.29) is 75.0 Å². The molecule has 126 valence electrons. The second-order valence-corrected chi connectivity index (χ2v) is 8.43. The standard InChI is InChI=1S/C21H30OS.Rb/c1-14-16(6-4-8-20(14)22)9-10-17-7-5-13-21(3)18(15(2)23)11-12-19(17)21;/h9-11,15,19-20,22-23H,1,4-8,12-13H2,2-3H3;/q;+1/p-1/b16-9-,17-10+;. The summed E-state index contributed by atoms with van der Waals surface area (Å²) in [4.78, 5) is 0. The van der Waals surface area contributed by atoms with E-state index >= 15 is 0 Å². The number of aliphatic hydroxyl groups is 1. The van der Waals surface area contributed by atoms with Gasteiger partial charge in [0.25, 0.3) is 0 Å². The molecule has 2 fully saturated rings. The van der Waals surface area contributed by atoms with Crippen molar-refractivity contribution < 1.29 is 63.3 Å². The summed E-state index contributed by atoms with van der Waals surface area (Å²) in [6.07, 6.45) is 14.5. The van der Waals surface area contributed by atoms with Gasteiger partial charge in [0.15, 0.2) is 0 Å². The molecule has 1 N–H and O–H groups in total. The summed E-state index contributed by atoms with van der Waals surface area (Å²) < 4.78 is 0. The molecule has 0 spiro atoms. The number of hydrogen-bond acceptors (Lipinski definition) is 2. The zero-order chi connectivity index (χ0) is 16.6. The zero-order valence-electron chi connectivity index (χ0n) is 15.5. The molecule has 3 rings (SSSR count). The average molecular weight is 415 g/mol. The summed E-state index contributed by atoms with van der Waals surface area (Å²) in [5.74, 6) is 0.621. The van der Waals surface area contributed by atoms with Crippen molar-refractivity contribution in [2.75, 3.05) is 0 Å². The molecular weight excluding hydrogens is 386 g/mol. The Hall–Kier alpha value is 1.08. The summed E-state index contributed by atoms with van der Waals surface area (Å²) in [6, 6.07) is 0. The average Bonchev–Trinajstić information content (AvgIpc) is 2.86. The molecule has 0 bridgehead atoms. The third kappa shape index (κ3) is 4.15. The molecular formula is C21H29ORbS. The number of allylic oxidation sites excluding steroid dienone is 4. The monoisotopic (exact) mass is 414 g/mol. The van der Waals surface area contributed by atoms with Crippen LogP contribution in [0.15, 0.2) is 47.1 Å². The molecule has 3 aliphatic carbocycles. The van der Waals surface area contributed by atoms with Crippen molar-refractivity contribution in [1.82, 2.24) is 0 Å². The third-order valence-electron chi connectivity index (χ3n) is 6.29. The van der Waals surface area contributed by atoms with E-state index in [1.54, 1.807) is 5.57 Å². The van der Waals surface area contributed by atoms with E-state index in [4.69, 9.17) is 12.6 Å². The number of fused-ring (bicyclic) bond motifs is 1. The van der Waals surface area contributed by atoms with Crippen LogP contribution in [0, 0.1) is 11.3 Å². The van der Waals surface area contributed by atoms with Crippen LogP contribution in [0.25, 0.3) is 0 Å². The van der Waals surface area contributed by atoms with Crippen molar-refractivity contribution in [2.24, 2.45) is 11.3 Å². The van der Waals surface area contributed by atoms with Crippen molar-refractivity contribution in [3.8, 4) is 0 Å². The summed E-state index contributed by atoms with van der Waals surface area (Å²) in [5, 5.41) is 10.2. The van der Waals surface area contributed by atoms with Crippen LogP contribution >= 0.6 is 0 Å². The molecule has 3 heteroatoms. The van der Waals surface area contributed by atoms with Gasteiger partial charge in [-0.1, -0.05) is 49.8 Å². The Morgan fingerprint density at radius 2 is 2.08 bits per heavy atom. The van der Waals surface area contributed by atoms with Crippen LogP contribution in [-0.4, -0.2) is 16.5 Å². The fourth-order valence-electron chi connectivity index (χ4n) is 4.91. The minimum Gasteiger partial charge on any atom is -0.785 e. The molecule has 0 radical (unpaired) electrons. The molecule has 0 saturated heterocycles. The van der Waals surface area contributed by atoms with Crippen molar-refractivity contribution in [3.05, 3.63) is 47.1 Å². The molecule has 4 unspecified atom stereocenters. The second-order valence-electron chi connectivity index (χ2n) is 7.73. The first kappa shape index (κ1) is 21.4. The quantitative estimate of drug-likeness (QED) is 0.551. The van der Waals surface area contributed by atoms with E-state index in [2.05, 4.69) is 38.7 Å². The maximum Gasteiger partial charge on any atom is 1.00 e. The van der Waals surface area contributed by atoms with Crippen LogP contribution in [0.5, 0.6) is 0 Å². The van der Waals surface area contributed by atoms with Crippen LogP contribution in [-0.2, 0) is 12.6 Å². The number of hydrogen-bond donors (Lipinski definition) is 1. The molecule has 4 atom stereocenters. The van der Waals surface area contributed by atoms with Gasteiger partial charge in [-0.2, -0.15) is 0 Å². The van der Waals surface area contributed by atoms with Gasteiger partial charge in [-0.05, 0) is 67.4 Å². The van der Waals surface area contributed by atoms with Gasteiger partial charge in [0, 0.05) is 0 Å². The van der Waals surface area contributed by atoms with E-state index in [9.17, 15) is 5.11 Å². The van der Waals surface area contributed by atoms with Gasteiger partial charge < -0.3 is 17.7 Å². The Bertz CT molecular complexity index is 587. The van der Waals surface area contributed by atoms with Crippen LogP contribution < -0.4 is 58.2 Å². The molecule has 0 aromatic heterocycles. The molecule has 0 aromatic rings. The van der Waals surface area contributed by atoms with Crippen LogP contribution in [0.4, 0.5) is 0 Å². The summed E-state index contributed by atoms with van der Waals surface area (Å²) in [5.41, 5.74) is 5.50. The molecule has 24 heavy (non-hydrogen) atoms. The van der Waals surface area contributed by atoms with E-state index in [0.717, 1.165) is 31.3 Å². The Balaban J connectivity index is 0.00000208. The minimum atomic E-state index is -0.342. The van der Waals surface area contributed by atoms with Crippen LogP contribution in [0.1, 0.15) is 58.8 Å². The van der Waals surface area contributed by atoms with Crippen molar-refractivity contribution in [3.63, 3.8) is 0 Å². The Morgan fingerprint density at radius 3 is 2.79 bits per heavy atom. The van der Waals surface area contributed by atoms with E-state index in [1.165, 1.54) is 30.4 Å². The molecule has 0 aromatic carbocycles. The van der Waals surface area contributed by atoms with Gasteiger partial charge in [-0.3, -0.25) is 0 Å². The van der Waals surface area contributed by atoms with Crippen molar-refractivity contribution in [1.29, 1.82) is 0 Å². The van der Waals surface area contributed by atoms with Crippen molar-refractivity contribution in [2.45, 2.75) is 70.1 Å². The van der Waals surface area contributed by atoms with E-state index in [0.29, 0.717) is 5.92 Å². The van der Waals surface area contributed by atoms with Gasteiger partial charge >= 0.3 is 58.2 Å². The molecule has 3 aliphatic rings. The fraction of sp³-hybridized carbons (Fsp3) is 0.619. The minimum absolute atomic E-state index is 0. The number of rotatable bonds is 2. The van der Waals surface area contributed by atoms with Gasteiger partial charge in [0.2, 0.25) is 0 Å². The van der Waals surface area contributed by atoms with Gasteiger partial charge in [0.05, 0.1) is 6.10 Å². The first-order chi connectivity index (χ1) is 10.9. The predicted octanol–water partition coefficient (Wildman–Crippen LogP) is 2.02. The number of aliphatic hydroxyl groups excluding tert-OH is 1.